The summed E-state index contributed by atoms with van der Waals surface area (Å²) < 4.78 is 13.0. The number of carbonyl (C=O) groups is 1. The summed E-state index contributed by atoms with van der Waals surface area (Å²) in [5, 5.41) is 0.0557. The molecule has 27 heavy (non-hydrogen) atoms. The van der Waals surface area contributed by atoms with Crippen LogP contribution in [0.25, 0.3) is 11.1 Å². The summed E-state index contributed by atoms with van der Waals surface area (Å²) in [5.41, 5.74) is 2.30. The SMILES string of the molecule is O=C(C1CCCCC1)N1CCC([S+]([O-])c2ccc(-c3ccccc3)cc2)C1. The molecule has 1 aliphatic heterocycles. The van der Waals surface area contributed by atoms with Gasteiger partial charge >= 0.3 is 0 Å². The highest BCUT2D eigenvalue weighted by atomic mass is 32.2. The summed E-state index contributed by atoms with van der Waals surface area (Å²) in [6.45, 7) is 1.40. The van der Waals surface area contributed by atoms with Crippen LogP contribution in [0, 0.1) is 5.92 Å². The standard InChI is InChI=1S/C23H27NO2S/c25-23(20-9-5-2-6-10-20)24-16-15-22(17-24)27(26)21-13-11-19(12-14-21)18-7-3-1-4-8-18/h1,3-4,7-8,11-14,20,22H,2,5-6,9-10,15-17H2. The van der Waals surface area contributed by atoms with E-state index in [4.69, 9.17) is 0 Å². The van der Waals surface area contributed by atoms with Gasteiger partial charge in [0.25, 0.3) is 0 Å². The van der Waals surface area contributed by atoms with E-state index in [-0.39, 0.29) is 11.2 Å². The summed E-state index contributed by atoms with van der Waals surface area (Å²) >= 11 is -1.06. The number of amides is 1. The Morgan fingerprint density at radius 3 is 2.26 bits per heavy atom. The lowest BCUT2D eigenvalue weighted by atomic mass is 9.88. The number of benzene rings is 2. The quantitative estimate of drug-likeness (QED) is 0.724. The summed E-state index contributed by atoms with van der Waals surface area (Å²) in [5.74, 6) is 0.504. The van der Waals surface area contributed by atoms with Crippen LogP contribution in [0.5, 0.6) is 0 Å². The fraction of sp³-hybridized carbons (Fsp3) is 0.435. The molecule has 0 N–H and O–H groups in total. The first-order valence-electron chi connectivity index (χ1n) is 10.1. The average Bonchev–Trinajstić information content (AvgIpc) is 3.24. The number of carbonyl (C=O) groups excluding carboxylic acids is 1. The van der Waals surface area contributed by atoms with E-state index in [2.05, 4.69) is 12.1 Å². The van der Waals surface area contributed by atoms with Crippen LogP contribution in [-0.4, -0.2) is 33.7 Å². The van der Waals surface area contributed by atoms with E-state index in [9.17, 15) is 9.35 Å². The van der Waals surface area contributed by atoms with Crippen molar-refractivity contribution in [2.75, 3.05) is 13.1 Å². The summed E-state index contributed by atoms with van der Waals surface area (Å²) in [7, 11) is 0. The summed E-state index contributed by atoms with van der Waals surface area (Å²) in [6, 6.07) is 18.3. The zero-order valence-electron chi connectivity index (χ0n) is 15.7. The van der Waals surface area contributed by atoms with E-state index < -0.39 is 11.2 Å². The van der Waals surface area contributed by atoms with Crippen molar-refractivity contribution in [1.82, 2.24) is 4.90 Å². The molecule has 2 aliphatic rings. The van der Waals surface area contributed by atoms with Crippen molar-refractivity contribution < 1.29 is 9.35 Å². The van der Waals surface area contributed by atoms with Gasteiger partial charge in [-0.15, -0.1) is 0 Å². The van der Waals surface area contributed by atoms with Gasteiger partial charge in [0.1, 0.15) is 5.25 Å². The van der Waals surface area contributed by atoms with E-state index in [1.807, 2.05) is 47.4 Å². The molecule has 3 nitrogen and oxygen atoms in total. The van der Waals surface area contributed by atoms with Gasteiger partial charge in [-0.25, -0.2) is 0 Å². The number of likely N-dealkylation sites (tertiary alicyclic amines) is 1. The van der Waals surface area contributed by atoms with Gasteiger partial charge in [0, 0.05) is 18.9 Å². The first kappa shape index (κ1) is 18.6. The van der Waals surface area contributed by atoms with Gasteiger partial charge in [-0.1, -0.05) is 49.6 Å². The van der Waals surface area contributed by atoms with Crippen LogP contribution in [0.3, 0.4) is 0 Å². The van der Waals surface area contributed by atoms with E-state index in [0.717, 1.165) is 36.3 Å². The van der Waals surface area contributed by atoms with Crippen LogP contribution in [0.2, 0.25) is 0 Å². The van der Waals surface area contributed by atoms with Crippen LogP contribution in [-0.2, 0) is 16.0 Å². The molecule has 4 rings (SSSR count). The Kier molecular flexibility index (Phi) is 5.84. The van der Waals surface area contributed by atoms with Crippen molar-refractivity contribution in [3.8, 4) is 11.1 Å². The number of rotatable bonds is 4. The van der Waals surface area contributed by atoms with Crippen molar-refractivity contribution in [2.45, 2.75) is 48.7 Å². The highest BCUT2D eigenvalue weighted by Crippen LogP contribution is 2.30. The van der Waals surface area contributed by atoms with Crippen molar-refractivity contribution in [2.24, 2.45) is 5.92 Å². The maximum absolute atomic E-state index is 13.0. The van der Waals surface area contributed by atoms with Crippen molar-refractivity contribution in [1.29, 1.82) is 0 Å². The normalized spacial score (nSPS) is 22.0. The predicted molar refractivity (Wildman–Crippen MR) is 110 cm³/mol. The van der Waals surface area contributed by atoms with Crippen molar-refractivity contribution >= 4 is 17.1 Å². The molecule has 2 fully saturated rings. The second kappa shape index (κ2) is 8.49. The number of hydrogen-bond donors (Lipinski definition) is 0. The van der Waals surface area contributed by atoms with Gasteiger partial charge in [0.15, 0.2) is 4.90 Å². The van der Waals surface area contributed by atoms with Crippen LogP contribution >= 0.6 is 0 Å². The summed E-state index contributed by atoms with van der Waals surface area (Å²) in [4.78, 5) is 15.6. The maximum atomic E-state index is 13.0. The van der Waals surface area contributed by atoms with E-state index in [1.54, 1.807) is 0 Å². The Morgan fingerprint density at radius 2 is 1.56 bits per heavy atom. The second-order valence-corrected chi connectivity index (χ2v) is 9.45. The minimum atomic E-state index is -1.06. The lowest BCUT2D eigenvalue weighted by Gasteiger charge is -2.26. The van der Waals surface area contributed by atoms with Gasteiger partial charge in [-0.2, -0.15) is 0 Å². The molecule has 2 atom stereocenters. The molecule has 0 spiro atoms. The molecule has 2 unspecified atom stereocenters. The van der Waals surface area contributed by atoms with Gasteiger partial charge in [0.05, 0.1) is 6.54 Å². The van der Waals surface area contributed by atoms with Crippen LogP contribution in [0.4, 0.5) is 0 Å². The topological polar surface area (TPSA) is 43.4 Å². The van der Waals surface area contributed by atoms with E-state index in [0.29, 0.717) is 12.5 Å². The molecule has 4 heteroatoms. The van der Waals surface area contributed by atoms with Crippen LogP contribution in [0.15, 0.2) is 59.5 Å². The number of hydrogen-bond acceptors (Lipinski definition) is 2. The molecule has 1 saturated heterocycles. The molecule has 0 aromatic heterocycles. The number of nitrogens with zero attached hydrogens (tertiary/aromatic N) is 1. The smallest absolute Gasteiger partial charge is 0.225 e. The van der Waals surface area contributed by atoms with Gasteiger partial charge in [-0.3, -0.25) is 4.79 Å². The lowest BCUT2D eigenvalue weighted by molar-refractivity contribution is -0.135. The molecule has 0 radical (unpaired) electrons. The van der Waals surface area contributed by atoms with Gasteiger partial charge in [-0.05, 0) is 59.4 Å². The van der Waals surface area contributed by atoms with Crippen LogP contribution in [0.1, 0.15) is 38.5 Å². The molecule has 1 heterocycles. The first-order chi connectivity index (χ1) is 13.2. The minimum absolute atomic E-state index is 0.0557. The molecule has 2 aromatic rings. The maximum Gasteiger partial charge on any atom is 0.225 e. The second-order valence-electron chi connectivity index (χ2n) is 7.72. The zero-order chi connectivity index (χ0) is 18.6. The summed E-state index contributed by atoms with van der Waals surface area (Å²) in [6.07, 6.45) is 6.51. The lowest BCUT2D eigenvalue weighted by Crippen LogP contribution is -2.37. The Hall–Kier alpha value is -1.78. The fourth-order valence-electron chi connectivity index (χ4n) is 4.32. The molecule has 142 valence electrons. The largest absolute Gasteiger partial charge is 0.611 e. The van der Waals surface area contributed by atoms with E-state index >= 15 is 0 Å². The fourth-order valence-corrected chi connectivity index (χ4v) is 5.74. The highest BCUT2D eigenvalue weighted by Gasteiger charge is 2.37. The van der Waals surface area contributed by atoms with Gasteiger partial charge in [0.2, 0.25) is 5.91 Å². The Bertz CT molecular complexity index is 756. The predicted octanol–water partition coefficient (Wildman–Crippen LogP) is 4.64. The molecular weight excluding hydrogens is 354 g/mol. The average molecular weight is 382 g/mol. The third-order valence-corrected chi connectivity index (χ3v) is 7.63. The van der Waals surface area contributed by atoms with Gasteiger partial charge < -0.3 is 9.45 Å². The van der Waals surface area contributed by atoms with Crippen molar-refractivity contribution in [3.05, 3.63) is 54.6 Å². The third kappa shape index (κ3) is 4.22. The molecule has 2 aromatic carbocycles. The molecule has 1 saturated carbocycles. The first-order valence-corrected chi connectivity index (χ1v) is 11.3. The van der Waals surface area contributed by atoms with E-state index in [1.165, 1.54) is 24.8 Å². The monoisotopic (exact) mass is 381 g/mol. The molecular formula is C23H27NO2S. The minimum Gasteiger partial charge on any atom is -0.611 e. The Morgan fingerprint density at radius 1 is 0.889 bits per heavy atom. The Balaban J connectivity index is 1.38. The zero-order valence-corrected chi connectivity index (χ0v) is 16.5. The Labute approximate surface area is 165 Å². The highest BCUT2D eigenvalue weighted by molar-refractivity contribution is 7.92. The third-order valence-electron chi connectivity index (χ3n) is 5.91. The molecule has 1 aliphatic carbocycles. The molecule has 0 bridgehead atoms. The van der Waals surface area contributed by atoms with Crippen molar-refractivity contribution in [3.63, 3.8) is 0 Å². The molecule has 1 amide bonds. The van der Waals surface area contributed by atoms with Crippen LogP contribution < -0.4 is 0 Å².